The van der Waals surface area contributed by atoms with Crippen molar-refractivity contribution in [1.82, 2.24) is 0 Å². The van der Waals surface area contributed by atoms with Gasteiger partial charge in [0.1, 0.15) is 11.5 Å². The van der Waals surface area contributed by atoms with Crippen molar-refractivity contribution in [2.45, 2.75) is 76.4 Å². The van der Waals surface area contributed by atoms with Crippen molar-refractivity contribution in [3.8, 4) is 11.5 Å². The Morgan fingerprint density at radius 3 is 2.03 bits per heavy atom. The molecule has 0 unspecified atom stereocenters. The molecule has 1 heterocycles. The van der Waals surface area contributed by atoms with Crippen LogP contribution in [0.25, 0.3) is 0 Å². The summed E-state index contributed by atoms with van der Waals surface area (Å²) in [5, 5.41) is 0. The topological polar surface area (TPSA) is 18.5 Å². The average molecular weight is 449 g/mol. The first-order chi connectivity index (χ1) is 13.8. The van der Waals surface area contributed by atoms with Gasteiger partial charge >= 0.3 is 6.36 Å². The summed E-state index contributed by atoms with van der Waals surface area (Å²) in [6.45, 7) is 2.88. The van der Waals surface area contributed by atoms with Gasteiger partial charge in [-0.25, -0.2) is 0 Å². The van der Waals surface area contributed by atoms with E-state index < -0.39 is 13.7 Å². The standard InChI is InChI=1S/C22H32ClF3O2Si/c1-2-13-29(23)14-11-19(12-15-29)18-5-3-17(4-6-18)16-27-20-7-9-21(10-8-20)28-22(24,25)26/h7-10,17-19H,2-6,11-16H2,1H3. The summed E-state index contributed by atoms with van der Waals surface area (Å²) in [4.78, 5) is 0. The molecule has 164 valence electrons. The Bertz CT molecular complexity index is 622. The molecule has 2 fully saturated rings. The maximum absolute atomic E-state index is 12.2. The summed E-state index contributed by atoms with van der Waals surface area (Å²) in [6, 6.07) is 9.52. The summed E-state index contributed by atoms with van der Waals surface area (Å²) < 4.78 is 46.3. The molecule has 1 aliphatic heterocycles. The first-order valence-electron chi connectivity index (χ1n) is 10.9. The summed E-state index contributed by atoms with van der Waals surface area (Å²) in [5.74, 6) is 2.59. The van der Waals surface area contributed by atoms with E-state index in [1.54, 1.807) is 0 Å². The van der Waals surface area contributed by atoms with Crippen LogP contribution in [0, 0.1) is 17.8 Å². The van der Waals surface area contributed by atoms with Crippen molar-refractivity contribution in [3.05, 3.63) is 24.3 Å². The Kier molecular flexibility index (Phi) is 7.82. The van der Waals surface area contributed by atoms with Gasteiger partial charge in [-0.1, -0.05) is 26.2 Å². The van der Waals surface area contributed by atoms with Crippen LogP contribution in [-0.4, -0.2) is 20.4 Å². The fraction of sp³-hybridized carbons (Fsp3) is 0.727. The van der Waals surface area contributed by atoms with E-state index in [-0.39, 0.29) is 5.75 Å². The van der Waals surface area contributed by atoms with Gasteiger partial charge in [0.25, 0.3) is 0 Å². The highest BCUT2D eigenvalue weighted by atomic mass is 35.6. The minimum atomic E-state index is -4.66. The van der Waals surface area contributed by atoms with Crippen molar-refractivity contribution < 1.29 is 22.6 Å². The number of hydrogen-bond donors (Lipinski definition) is 0. The zero-order valence-electron chi connectivity index (χ0n) is 17.1. The Morgan fingerprint density at radius 1 is 0.931 bits per heavy atom. The lowest BCUT2D eigenvalue weighted by atomic mass is 9.74. The predicted molar refractivity (Wildman–Crippen MR) is 113 cm³/mol. The van der Waals surface area contributed by atoms with Crippen molar-refractivity contribution in [3.63, 3.8) is 0 Å². The van der Waals surface area contributed by atoms with Gasteiger partial charge in [-0.15, -0.1) is 13.2 Å². The van der Waals surface area contributed by atoms with Gasteiger partial charge in [0.2, 0.25) is 0 Å². The van der Waals surface area contributed by atoms with Crippen molar-refractivity contribution in [2.75, 3.05) is 6.61 Å². The van der Waals surface area contributed by atoms with Crippen LogP contribution in [0.1, 0.15) is 51.9 Å². The highest BCUT2D eigenvalue weighted by Crippen LogP contribution is 2.45. The number of halogens is 4. The molecule has 0 amide bonds. The lowest BCUT2D eigenvalue weighted by molar-refractivity contribution is -0.274. The van der Waals surface area contributed by atoms with E-state index in [2.05, 4.69) is 11.7 Å². The Labute approximate surface area is 177 Å². The van der Waals surface area contributed by atoms with Gasteiger partial charge in [-0.2, -0.15) is 11.1 Å². The molecule has 2 aliphatic rings. The second-order valence-electron chi connectivity index (χ2n) is 8.85. The fourth-order valence-corrected chi connectivity index (χ4v) is 9.75. The Hall–Kier alpha value is -0.883. The molecular weight excluding hydrogens is 417 g/mol. The maximum atomic E-state index is 12.2. The minimum Gasteiger partial charge on any atom is -0.493 e. The van der Waals surface area contributed by atoms with Gasteiger partial charge in [-0.3, -0.25) is 0 Å². The van der Waals surface area contributed by atoms with E-state index in [1.165, 1.54) is 87.3 Å². The molecule has 0 spiro atoms. The van der Waals surface area contributed by atoms with Crippen LogP contribution in [0.2, 0.25) is 18.1 Å². The predicted octanol–water partition coefficient (Wildman–Crippen LogP) is 7.77. The molecule has 1 saturated carbocycles. The van der Waals surface area contributed by atoms with E-state index in [9.17, 15) is 13.2 Å². The minimum absolute atomic E-state index is 0.221. The van der Waals surface area contributed by atoms with Crippen molar-refractivity contribution >= 4 is 18.5 Å². The van der Waals surface area contributed by atoms with Crippen LogP contribution in [0.15, 0.2) is 24.3 Å². The first-order valence-corrected chi connectivity index (χ1v) is 14.6. The van der Waals surface area contributed by atoms with E-state index in [1.807, 2.05) is 0 Å². The maximum Gasteiger partial charge on any atom is 0.573 e. The smallest absolute Gasteiger partial charge is 0.493 e. The van der Waals surface area contributed by atoms with Crippen LogP contribution in [-0.2, 0) is 0 Å². The molecule has 7 heteroatoms. The van der Waals surface area contributed by atoms with Crippen molar-refractivity contribution in [1.29, 1.82) is 0 Å². The van der Waals surface area contributed by atoms with Gasteiger partial charge in [0.15, 0.2) is 7.38 Å². The zero-order chi connectivity index (χ0) is 20.9. The molecular formula is C22H32ClF3O2Si. The fourth-order valence-electron chi connectivity index (χ4n) is 5.10. The second kappa shape index (κ2) is 9.95. The summed E-state index contributed by atoms with van der Waals surface area (Å²) in [5.41, 5.74) is 0. The molecule has 1 aliphatic carbocycles. The highest BCUT2D eigenvalue weighted by molar-refractivity contribution is 7.20. The molecule has 1 aromatic rings. The number of alkyl halides is 3. The molecule has 0 bridgehead atoms. The molecule has 3 rings (SSSR count). The summed E-state index contributed by atoms with van der Waals surface area (Å²) >= 11 is 6.90. The van der Waals surface area contributed by atoms with E-state index >= 15 is 0 Å². The molecule has 0 atom stereocenters. The van der Waals surface area contributed by atoms with Crippen LogP contribution >= 0.6 is 11.1 Å². The normalized spacial score (nSPS) is 30.7. The molecule has 1 aromatic carbocycles. The average Bonchev–Trinajstić information content (AvgIpc) is 2.67. The van der Waals surface area contributed by atoms with E-state index in [0.717, 1.165) is 11.8 Å². The second-order valence-corrected chi connectivity index (χ2v) is 15.1. The van der Waals surface area contributed by atoms with Crippen LogP contribution in [0.3, 0.4) is 0 Å². The number of benzene rings is 1. The third-order valence-corrected chi connectivity index (χ3v) is 12.2. The Morgan fingerprint density at radius 2 is 1.48 bits per heavy atom. The Balaban J connectivity index is 1.37. The lowest BCUT2D eigenvalue weighted by Gasteiger charge is -2.40. The van der Waals surface area contributed by atoms with E-state index in [0.29, 0.717) is 18.3 Å². The lowest BCUT2D eigenvalue weighted by Crippen LogP contribution is -2.35. The van der Waals surface area contributed by atoms with Gasteiger partial charge in [0.05, 0.1) is 6.61 Å². The van der Waals surface area contributed by atoms with Gasteiger partial charge < -0.3 is 9.47 Å². The molecule has 0 N–H and O–H groups in total. The monoisotopic (exact) mass is 448 g/mol. The SMILES string of the molecule is CCC[Si]1(Cl)CCC(C2CCC(COc3ccc(OC(F)(F)F)cc3)CC2)CC1. The molecule has 1 saturated heterocycles. The quantitative estimate of drug-likeness (QED) is 0.313. The van der Waals surface area contributed by atoms with Gasteiger partial charge in [-0.05, 0) is 85.8 Å². The highest BCUT2D eigenvalue weighted by Gasteiger charge is 2.38. The number of hydrogen-bond acceptors (Lipinski definition) is 2. The molecule has 0 aromatic heterocycles. The van der Waals surface area contributed by atoms with Crippen LogP contribution in [0.5, 0.6) is 11.5 Å². The van der Waals surface area contributed by atoms with Crippen LogP contribution < -0.4 is 9.47 Å². The third-order valence-electron chi connectivity index (χ3n) is 6.73. The van der Waals surface area contributed by atoms with Crippen LogP contribution in [0.4, 0.5) is 13.2 Å². The number of rotatable bonds is 7. The third kappa shape index (κ3) is 7.09. The summed E-state index contributed by atoms with van der Waals surface area (Å²) in [7, 11) is -1.44. The molecule has 2 nitrogen and oxygen atoms in total. The first kappa shape index (κ1) is 22.8. The zero-order valence-corrected chi connectivity index (χ0v) is 18.9. The molecule has 0 radical (unpaired) electrons. The number of ether oxygens (including phenoxy) is 2. The molecule has 29 heavy (non-hydrogen) atoms. The summed E-state index contributed by atoms with van der Waals surface area (Å²) in [6.07, 6.45) is 4.10. The van der Waals surface area contributed by atoms with E-state index in [4.69, 9.17) is 15.8 Å². The largest absolute Gasteiger partial charge is 0.573 e. The van der Waals surface area contributed by atoms with Crippen molar-refractivity contribution in [2.24, 2.45) is 17.8 Å². The van der Waals surface area contributed by atoms with Gasteiger partial charge in [0, 0.05) is 0 Å².